The van der Waals surface area contributed by atoms with Gasteiger partial charge in [0.1, 0.15) is 0 Å². The number of oxime groups is 1. The largest absolute Gasteiger partial charge is 0.411 e. The van der Waals surface area contributed by atoms with Crippen LogP contribution in [0, 0.1) is 0 Å². The van der Waals surface area contributed by atoms with Crippen molar-refractivity contribution in [3.05, 3.63) is 0 Å². The van der Waals surface area contributed by atoms with Gasteiger partial charge in [0.15, 0.2) is 0 Å². The van der Waals surface area contributed by atoms with Gasteiger partial charge in [0, 0.05) is 36.4 Å². The Morgan fingerprint density at radius 3 is 2.50 bits per heavy atom. The van der Waals surface area contributed by atoms with E-state index in [1.807, 2.05) is 11.8 Å². The highest BCUT2D eigenvalue weighted by molar-refractivity contribution is 7.99. The molecule has 2 bridgehead atoms. The third-order valence-corrected chi connectivity index (χ3v) is 4.10. The second-order valence-electron chi connectivity index (χ2n) is 3.59. The molecule has 2 saturated heterocycles. The van der Waals surface area contributed by atoms with Crippen molar-refractivity contribution >= 4 is 17.5 Å². The molecular weight excluding hydrogens is 172 g/mol. The molecule has 3 nitrogen and oxygen atoms in total. The van der Waals surface area contributed by atoms with Gasteiger partial charge in [-0.25, -0.2) is 0 Å². The number of piperidine rings is 1. The van der Waals surface area contributed by atoms with Crippen molar-refractivity contribution in [2.24, 2.45) is 5.16 Å². The highest BCUT2D eigenvalue weighted by atomic mass is 32.2. The average molecular weight is 186 g/mol. The lowest BCUT2D eigenvalue weighted by Gasteiger charge is -2.43. The standard InChI is InChI=1S/C8H14N2OS/c1-10-7-2-6(9-11)3-8(10)5-12-4-7/h7-8,11H,2-5H2,1H3. The van der Waals surface area contributed by atoms with Crippen molar-refractivity contribution in [2.45, 2.75) is 24.9 Å². The molecule has 0 saturated carbocycles. The molecule has 2 fully saturated rings. The van der Waals surface area contributed by atoms with Gasteiger partial charge in [0.25, 0.3) is 0 Å². The van der Waals surface area contributed by atoms with Gasteiger partial charge >= 0.3 is 0 Å². The topological polar surface area (TPSA) is 35.8 Å². The molecule has 0 amide bonds. The fraction of sp³-hybridized carbons (Fsp3) is 0.875. The van der Waals surface area contributed by atoms with E-state index in [0.717, 1.165) is 18.6 Å². The molecule has 2 aliphatic heterocycles. The predicted molar refractivity (Wildman–Crippen MR) is 51.1 cm³/mol. The molecule has 0 spiro atoms. The third-order valence-electron chi connectivity index (χ3n) is 2.86. The fourth-order valence-electron chi connectivity index (χ4n) is 1.99. The van der Waals surface area contributed by atoms with Crippen LogP contribution in [0.1, 0.15) is 12.8 Å². The Morgan fingerprint density at radius 1 is 1.42 bits per heavy atom. The zero-order valence-electron chi connectivity index (χ0n) is 7.23. The van der Waals surface area contributed by atoms with E-state index in [1.54, 1.807) is 0 Å². The summed E-state index contributed by atoms with van der Waals surface area (Å²) in [4.78, 5) is 2.44. The molecule has 0 aromatic carbocycles. The first-order chi connectivity index (χ1) is 5.81. The first-order valence-corrected chi connectivity index (χ1v) is 5.46. The maximum atomic E-state index is 8.70. The van der Waals surface area contributed by atoms with E-state index in [2.05, 4.69) is 17.1 Å². The summed E-state index contributed by atoms with van der Waals surface area (Å²) in [7, 11) is 2.18. The van der Waals surface area contributed by atoms with E-state index >= 15 is 0 Å². The lowest BCUT2D eigenvalue weighted by Crippen LogP contribution is -2.52. The maximum Gasteiger partial charge on any atom is 0.0602 e. The lowest BCUT2D eigenvalue weighted by atomic mass is 9.96. The monoisotopic (exact) mass is 186 g/mol. The van der Waals surface area contributed by atoms with Crippen LogP contribution in [0.25, 0.3) is 0 Å². The van der Waals surface area contributed by atoms with Gasteiger partial charge in [-0.05, 0) is 7.05 Å². The van der Waals surface area contributed by atoms with Crippen LogP contribution in [0.4, 0.5) is 0 Å². The van der Waals surface area contributed by atoms with Crippen LogP contribution in [0.3, 0.4) is 0 Å². The van der Waals surface area contributed by atoms with Crippen molar-refractivity contribution < 1.29 is 5.21 Å². The van der Waals surface area contributed by atoms with E-state index < -0.39 is 0 Å². The van der Waals surface area contributed by atoms with E-state index in [9.17, 15) is 0 Å². The summed E-state index contributed by atoms with van der Waals surface area (Å²) in [5, 5.41) is 12.0. The number of nitrogens with zero attached hydrogens (tertiary/aromatic N) is 2. The quantitative estimate of drug-likeness (QED) is 0.453. The Hall–Kier alpha value is -0.220. The maximum absolute atomic E-state index is 8.70. The Kier molecular flexibility index (Phi) is 2.28. The zero-order valence-corrected chi connectivity index (χ0v) is 8.05. The molecule has 0 aliphatic carbocycles. The highest BCUT2D eigenvalue weighted by Crippen LogP contribution is 2.29. The summed E-state index contributed by atoms with van der Waals surface area (Å²) in [5.74, 6) is 2.37. The van der Waals surface area contributed by atoms with Gasteiger partial charge in [-0.1, -0.05) is 5.16 Å². The van der Waals surface area contributed by atoms with Gasteiger partial charge < -0.3 is 5.21 Å². The summed E-state index contributed by atoms with van der Waals surface area (Å²) >= 11 is 2.02. The molecule has 0 radical (unpaired) electrons. The lowest BCUT2D eigenvalue weighted by molar-refractivity contribution is 0.180. The first-order valence-electron chi connectivity index (χ1n) is 4.30. The minimum Gasteiger partial charge on any atom is -0.411 e. The number of thioether (sulfide) groups is 1. The fourth-order valence-corrected chi connectivity index (χ4v) is 3.37. The molecule has 2 atom stereocenters. The second kappa shape index (κ2) is 3.26. The molecule has 68 valence electrons. The van der Waals surface area contributed by atoms with Crippen molar-refractivity contribution in [1.82, 2.24) is 4.90 Å². The van der Waals surface area contributed by atoms with E-state index in [0.29, 0.717) is 12.1 Å². The first kappa shape index (κ1) is 8.38. The van der Waals surface area contributed by atoms with Crippen LogP contribution in [0.5, 0.6) is 0 Å². The van der Waals surface area contributed by atoms with Crippen molar-refractivity contribution in [3.63, 3.8) is 0 Å². The molecule has 1 N–H and O–H groups in total. The molecular formula is C8H14N2OS. The molecule has 12 heavy (non-hydrogen) atoms. The van der Waals surface area contributed by atoms with Crippen LogP contribution in [-0.4, -0.2) is 46.5 Å². The van der Waals surface area contributed by atoms with Gasteiger partial charge in [-0.15, -0.1) is 0 Å². The van der Waals surface area contributed by atoms with Crippen LogP contribution >= 0.6 is 11.8 Å². The third kappa shape index (κ3) is 1.33. The average Bonchev–Trinajstić information content (AvgIpc) is 2.04. The van der Waals surface area contributed by atoms with Gasteiger partial charge in [0.05, 0.1) is 5.71 Å². The van der Waals surface area contributed by atoms with E-state index in [1.165, 1.54) is 11.5 Å². The van der Waals surface area contributed by atoms with Crippen LogP contribution < -0.4 is 0 Å². The van der Waals surface area contributed by atoms with Crippen LogP contribution in [0.2, 0.25) is 0 Å². The van der Waals surface area contributed by atoms with Crippen molar-refractivity contribution in [1.29, 1.82) is 0 Å². The summed E-state index contributed by atoms with van der Waals surface area (Å²) < 4.78 is 0. The number of hydrogen-bond acceptors (Lipinski definition) is 4. The Balaban J connectivity index is 2.12. The van der Waals surface area contributed by atoms with E-state index in [-0.39, 0.29) is 0 Å². The predicted octanol–water partition coefficient (Wildman–Crippen LogP) is 1.03. The number of fused-ring (bicyclic) bond motifs is 2. The normalized spacial score (nSPS) is 36.6. The molecule has 0 aromatic heterocycles. The number of hydrogen-bond donors (Lipinski definition) is 1. The molecule has 0 aromatic rings. The molecule has 2 unspecified atom stereocenters. The molecule has 2 rings (SSSR count). The highest BCUT2D eigenvalue weighted by Gasteiger charge is 2.34. The zero-order chi connectivity index (χ0) is 8.55. The Morgan fingerprint density at radius 2 is 2.00 bits per heavy atom. The minimum atomic E-state index is 0.605. The summed E-state index contributed by atoms with van der Waals surface area (Å²) in [6.07, 6.45) is 1.91. The van der Waals surface area contributed by atoms with Crippen LogP contribution in [0.15, 0.2) is 5.16 Å². The molecule has 4 heteroatoms. The van der Waals surface area contributed by atoms with Crippen LogP contribution in [-0.2, 0) is 0 Å². The number of rotatable bonds is 0. The minimum absolute atomic E-state index is 0.605. The van der Waals surface area contributed by atoms with Crippen molar-refractivity contribution in [2.75, 3.05) is 18.6 Å². The van der Waals surface area contributed by atoms with Gasteiger partial charge in [0.2, 0.25) is 0 Å². The Labute approximate surface area is 76.8 Å². The van der Waals surface area contributed by atoms with E-state index in [4.69, 9.17) is 5.21 Å². The SMILES string of the molecule is CN1C2CSCC1CC(=NO)C2. The van der Waals surface area contributed by atoms with Gasteiger partial charge in [-0.2, -0.15) is 11.8 Å². The second-order valence-corrected chi connectivity index (χ2v) is 4.66. The Bertz CT molecular complexity index is 191. The summed E-state index contributed by atoms with van der Waals surface area (Å²) in [6.45, 7) is 0. The van der Waals surface area contributed by atoms with Crippen molar-refractivity contribution in [3.8, 4) is 0 Å². The smallest absolute Gasteiger partial charge is 0.0602 e. The molecule has 2 aliphatic rings. The molecule has 2 heterocycles. The summed E-state index contributed by atoms with van der Waals surface area (Å²) in [5.41, 5.74) is 0.989. The summed E-state index contributed by atoms with van der Waals surface area (Å²) in [6, 6.07) is 1.21. The van der Waals surface area contributed by atoms with Gasteiger partial charge in [-0.3, -0.25) is 4.90 Å².